The molecule has 0 aromatic heterocycles. The van der Waals surface area contributed by atoms with Crippen LogP contribution in [0.2, 0.25) is 0 Å². The molecule has 0 unspecified atom stereocenters. The number of rotatable bonds is 9. The van der Waals surface area contributed by atoms with Gasteiger partial charge in [-0.05, 0) is 37.0 Å². The molecular weight excluding hydrogens is 314 g/mol. The second-order valence-electron chi connectivity index (χ2n) is 5.74. The number of hydrogen-bond acceptors (Lipinski definition) is 4. The molecule has 0 radical (unpaired) electrons. The Labute approximate surface area is 139 Å². The average Bonchev–Trinajstić information content (AvgIpc) is 2.54. The molecule has 1 atom stereocenters. The van der Waals surface area contributed by atoms with E-state index in [1.807, 2.05) is 0 Å². The third-order valence-corrected chi connectivity index (χ3v) is 5.45. The molecular formula is C17H27NO4S. The number of carbonyl (C=O) groups is 1. The molecule has 1 aromatic rings. The molecule has 5 nitrogen and oxygen atoms in total. The van der Waals surface area contributed by atoms with Crippen molar-refractivity contribution in [3.63, 3.8) is 0 Å². The fourth-order valence-electron chi connectivity index (χ4n) is 2.35. The van der Waals surface area contributed by atoms with E-state index in [9.17, 15) is 13.2 Å². The fourth-order valence-corrected chi connectivity index (χ4v) is 3.49. The summed E-state index contributed by atoms with van der Waals surface area (Å²) in [7, 11) is -2.35. The van der Waals surface area contributed by atoms with Crippen molar-refractivity contribution in [3.8, 4) is 0 Å². The standard InChI is InChI=1S/C17H27NO4S/c1-5-7-8-14(6-2)12-18-23(20,21)15-10-9-13(3)16(11-15)17(19)22-4/h9-11,14,18H,5-8,12H2,1-4H3/t14-/m1/s1. The van der Waals surface area contributed by atoms with E-state index in [4.69, 9.17) is 4.74 Å². The Morgan fingerprint density at radius 1 is 1.30 bits per heavy atom. The first-order valence-electron chi connectivity index (χ1n) is 8.04. The number of sulfonamides is 1. The van der Waals surface area contributed by atoms with Crippen molar-refractivity contribution < 1.29 is 17.9 Å². The summed E-state index contributed by atoms with van der Waals surface area (Å²) in [5, 5.41) is 0. The highest BCUT2D eigenvalue weighted by atomic mass is 32.2. The van der Waals surface area contributed by atoms with Crippen LogP contribution in [0.5, 0.6) is 0 Å². The van der Waals surface area contributed by atoms with E-state index in [0.29, 0.717) is 18.0 Å². The molecule has 0 amide bonds. The second-order valence-corrected chi connectivity index (χ2v) is 7.50. The first kappa shape index (κ1) is 19.6. The van der Waals surface area contributed by atoms with E-state index in [2.05, 4.69) is 18.6 Å². The predicted octanol–water partition coefficient (Wildman–Crippen LogP) is 3.28. The molecule has 0 aliphatic rings. The molecule has 0 fully saturated rings. The molecule has 23 heavy (non-hydrogen) atoms. The number of nitrogens with one attached hydrogen (secondary N) is 1. The highest BCUT2D eigenvalue weighted by Crippen LogP contribution is 2.18. The summed E-state index contributed by atoms with van der Waals surface area (Å²) in [4.78, 5) is 11.8. The summed E-state index contributed by atoms with van der Waals surface area (Å²) in [6.45, 7) is 6.35. The summed E-state index contributed by atoms with van der Waals surface area (Å²) in [6, 6.07) is 4.50. The lowest BCUT2D eigenvalue weighted by molar-refractivity contribution is 0.0599. The molecule has 1 rings (SSSR count). The summed E-state index contributed by atoms with van der Waals surface area (Å²) in [5.41, 5.74) is 0.957. The Morgan fingerprint density at radius 2 is 2.00 bits per heavy atom. The van der Waals surface area contributed by atoms with Gasteiger partial charge in [0.1, 0.15) is 0 Å². The van der Waals surface area contributed by atoms with Gasteiger partial charge < -0.3 is 4.74 Å². The van der Waals surface area contributed by atoms with Crippen LogP contribution in [0.15, 0.2) is 23.1 Å². The maximum absolute atomic E-state index is 12.4. The highest BCUT2D eigenvalue weighted by molar-refractivity contribution is 7.89. The van der Waals surface area contributed by atoms with E-state index in [0.717, 1.165) is 25.7 Å². The quantitative estimate of drug-likeness (QED) is 0.700. The van der Waals surface area contributed by atoms with E-state index < -0.39 is 16.0 Å². The lowest BCUT2D eigenvalue weighted by Crippen LogP contribution is -2.29. The summed E-state index contributed by atoms with van der Waals surface area (Å²) in [5.74, 6) is -0.204. The Balaban J connectivity index is 2.89. The number of benzene rings is 1. The van der Waals surface area contributed by atoms with Gasteiger partial charge in [0.2, 0.25) is 10.0 Å². The summed E-state index contributed by atoms with van der Waals surface area (Å²) >= 11 is 0. The maximum atomic E-state index is 12.4. The number of aryl methyl sites for hydroxylation is 1. The van der Waals surface area contributed by atoms with Crippen LogP contribution in [0.4, 0.5) is 0 Å². The van der Waals surface area contributed by atoms with E-state index in [1.54, 1.807) is 13.0 Å². The van der Waals surface area contributed by atoms with E-state index in [-0.39, 0.29) is 10.5 Å². The van der Waals surface area contributed by atoms with Crippen molar-refractivity contribution in [2.24, 2.45) is 5.92 Å². The molecule has 0 spiro atoms. The maximum Gasteiger partial charge on any atom is 0.338 e. The van der Waals surface area contributed by atoms with Crippen LogP contribution in [0.1, 0.15) is 55.5 Å². The van der Waals surface area contributed by atoms with Crippen molar-refractivity contribution >= 4 is 16.0 Å². The van der Waals surface area contributed by atoms with Crippen molar-refractivity contribution in [3.05, 3.63) is 29.3 Å². The number of ether oxygens (including phenoxy) is 1. The van der Waals surface area contributed by atoms with Gasteiger partial charge in [-0.15, -0.1) is 0 Å². The van der Waals surface area contributed by atoms with Gasteiger partial charge in [0.15, 0.2) is 0 Å². The second kappa shape index (κ2) is 9.03. The van der Waals surface area contributed by atoms with Crippen LogP contribution in [-0.2, 0) is 14.8 Å². The van der Waals surface area contributed by atoms with E-state index >= 15 is 0 Å². The van der Waals surface area contributed by atoms with Crippen LogP contribution >= 0.6 is 0 Å². The zero-order chi connectivity index (χ0) is 17.5. The monoisotopic (exact) mass is 341 g/mol. The number of unbranched alkanes of at least 4 members (excludes halogenated alkanes) is 1. The topological polar surface area (TPSA) is 72.5 Å². The molecule has 1 aromatic carbocycles. The number of hydrogen-bond donors (Lipinski definition) is 1. The van der Waals surface area contributed by atoms with Gasteiger partial charge in [-0.1, -0.05) is 39.2 Å². The SMILES string of the molecule is CCCC[C@@H](CC)CNS(=O)(=O)c1ccc(C)c(C(=O)OC)c1. The third-order valence-electron chi connectivity index (χ3n) is 4.03. The first-order chi connectivity index (χ1) is 10.9. The minimum Gasteiger partial charge on any atom is -0.465 e. The Hall–Kier alpha value is -1.40. The number of esters is 1. The Morgan fingerprint density at radius 3 is 2.57 bits per heavy atom. The smallest absolute Gasteiger partial charge is 0.338 e. The molecule has 130 valence electrons. The largest absolute Gasteiger partial charge is 0.465 e. The highest BCUT2D eigenvalue weighted by Gasteiger charge is 2.19. The van der Waals surface area contributed by atoms with Gasteiger partial charge in [-0.2, -0.15) is 0 Å². The van der Waals surface area contributed by atoms with Crippen LogP contribution in [0, 0.1) is 12.8 Å². The lowest BCUT2D eigenvalue weighted by Gasteiger charge is -2.16. The third kappa shape index (κ3) is 5.62. The zero-order valence-electron chi connectivity index (χ0n) is 14.4. The fraction of sp³-hybridized carbons (Fsp3) is 0.588. The van der Waals surface area contributed by atoms with Crippen LogP contribution < -0.4 is 4.72 Å². The van der Waals surface area contributed by atoms with Gasteiger partial charge in [0.05, 0.1) is 17.6 Å². The average molecular weight is 341 g/mol. The molecule has 1 N–H and O–H groups in total. The van der Waals surface area contributed by atoms with Crippen LogP contribution in [-0.4, -0.2) is 28.0 Å². The predicted molar refractivity (Wildman–Crippen MR) is 91.0 cm³/mol. The summed E-state index contributed by atoms with van der Waals surface area (Å²) < 4.78 is 32.2. The minimum atomic E-state index is -3.63. The van der Waals surface area contributed by atoms with E-state index in [1.165, 1.54) is 19.2 Å². The molecule has 6 heteroatoms. The number of carbonyl (C=O) groups excluding carboxylic acids is 1. The molecule has 0 aliphatic heterocycles. The first-order valence-corrected chi connectivity index (χ1v) is 9.52. The lowest BCUT2D eigenvalue weighted by atomic mass is 10.00. The summed E-state index contributed by atoms with van der Waals surface area (Å²) in [6.07, 6.45) is 4.14. The molecule has 0 saturated carbocycles. The Bertz CT molecular complexity index is 625. The van der Waals surface area contributed by atoms with Crippen molar-refractivity contribution in [1.82, 2.24) is 4.72 Å². The molecule has 0 saturated heterocycles. The minimum absolute atomic E-state index is 0.0915. The molecule has 0 aliphatic carbocycles. The normalized spacial score (nSPS) is 12.9. The zero-order valence-corrected chi connectivity index (χ0v) is 15.2. The number of methoxy groups -OCH3 is 1. The van der Waals surface area contributed by atoms with Crippen LogP contribution in [0.3, 0.4) is 0 Å². The van der Waals surface area contributed by atoms with Gasteiger partial charge in [-0.25, -0.2) is 17.9 Å². The van der Waals surface area contributed by atoms with Gasteiger partial charge in [0.25, 0.3) is 0 Å². The van der Waals surface area contributed by atoms with Gasteiger partial charge in [0, 0.05) is 6.54 Å². The van der Waals surface area contributed by atoms with Gasteiger partial charge >= 0.3 is 5.97 Å². The molecule has 0 heterocycles. The van der Waals surface area contributed by atoms with Gasteiger partial charge in [-0.3, -0.25) is 0 Å². The Kier molecular flexibility index (Phi) is 7.72. The molecule has 0 bridgehead atoms. The van der Waals surface area contributed by atoms with Crippen molar-refractivity contribution in [2.75, 3.05) is 13.7 Å². The van der Waals surface area contributed by atoms with Crippen LogP contribution in [0.25, 0.3) is 0 Å². The van der Waals surface area contributed by atoms with Crippen molar-refractivity contribution in [2.45, 2.75) is 51.3 Å². The van der Waals surface area contributed by atoms with Crippen molar-refractivity contribution in [1.29, 1.82) is 0 Å².